The van der Waals surface area contributed by atoms with Gasteiger partial charge in [0.05, 0.1) is 0 Å². The van der Waals surface area contributed by atoms with Gasteiger partial charge in [0.2, 0.25) is 0 Å². The van der Waals surface area contributed by atoms with E-state index in [1.54, 1.807) is 0 Å². The quantitative estimate of drug-likeness (QED) is 0.250. The van der Waals surface area contributed by atoms with Gasteiger partial charge in [0.1, 0.15) is 0 Å². The van der Waals surface area contributed by atoms with Gasteiger partial charge in [0.15, 0.2) is 17.5 Å². The Bertz CT molecular complexity index is 1250. The molecule has 3 aromatic carbocycles. The van der Waals surface area contributed by atoms with E-state index in [-0.39, 0.29) is 0 Å². The van der Waals surface area contributed by atoms with Gasteiger partial charge in [-0.05, 0) is 71.3 Å². The third-order valence-electron chi connectivity index (χ3n) is 6.19. The highest BCUT2D eigenvalue weighted by atomic mass is 15.1. The molecule has 0 atom stereocenters. The molecule has 0 fully saturated rings. The molecule has 0 radical (unpaired) electrons. The van der Waals surface area contributed by atoms with Crippen LogP contribution in [0, 0.1) is 0 Å². The average molecular weight is 517 g/mol. The van der Waals surface area contributed by atoms with Crippen molar-refractivity contribution in [2.24, 2.45) is 0 Å². The first-order valence-corrected chi connectivity index (χ1v) is 12.9. The zero-order valence-corrected chi connectivity index (χ0v) is 23.6. The number of benzene rings is 3. The van der Waals surface area contributed by atoms with Crippen molar-refractivity contribution in [1.29, 1.82) is 0 Å². The van der Waals surface area contributed by atoms with Crippen LogP contribution in [0.3, 0.4) is 0 Å². The molecule has 0 aliphatic carbocycles. The Hall–Kier alpha value is -4.71. The fraction of sp³-hybridized carbons (Fsp3) is 0.182. The normalized spacial score (nSPS) is 11.5. The molecular formula is C33H36N6. The van der Waals surface area contributed by atoms with E-state index in [9.17, 15) is 0 Å². The minimum atomic E-state index is 0.604. The van der Waals surface area contributed by atoms with Crippen LogP contribution in [-0.4, -0.2) is 57.2 Å². The summed E-state index contributed by atoms with van der Waals surface area (Å²) >= 11 is 0. The van der Waals surface area contributed by atoms with Crippen LogP contribution >= 0.6 is 0 Å². The molecule has 0 N–H and O–H groups in total. The van der Waals surface area contributed by atoms with E-state index in [1.807, 2.05) is 78.7 Å². The number of aromatic nitrogens is 3. The SMILES string of the molecule is CN(C)c1ccc(/C=C/c2nc(/C=C/c3ccc(N(C)C)cc3)nc(/C=C/c3ccc(N(C)C)cc3)n2)cc1. The molecule has 6 heteroatoms. The highest BCUT2D eigenvalue weighted by Crippen LogP contribution is 2.17. The number of nitrogens with zero attached hydrogens (tertiary/aromatic N) is 6. The van der Waals surface area contributed by atoms with Crippen LogP contribution in [0.5, 0.6) is 0 Å². The Labute approximate surface area is 232 Å². The fourth-order valence-corrected chi connectivity index (χ4v) is 3.81. The summed E-state index contributed by atoms with van der Waals surface area (Å²) in [6.45, 7) is 0. The minimum Gasteiger partial charge on any atom is -0.378 e. The zero-order valence-electron chi connectivity index (χ0n) is 23.6. The van der Waals surface area contributed by atoms with E-state index in [4.69, 9.17) is 0 Å². The van der Waals surface area contributed by atoms with Crippen LogP contribution in [0.2, 0.25) is 0 Å². The molecule has 198 valence electrons. The summed E-state index contributed by atoms with van der Waals surface area (Å²) in [5.74, 6) is 1.81. The Balaban J connectivity index is 1.61. The summed E-state index contributed by atoms with van der Waals surface area (Å²) in [4.78, 5) is 20.3. The summed E-state index contributed by atoms with van der Waals surface area (Å²) in [5.41, 5.74) is 6.71. The Morgan fingerprint density at radius 1 is 0.359 bits per heavy atom. The third kappa shape index (κ3) is 7.89. The molecule has 1 aromatic heterocycles. The van der Waals surface area contributed by atoms with Crippen molar-refractivity contribution in [3.8, 4) is 0 Å². The van der Waals surface area contributed by atoms with Crippen molar-refractivity contribution in [2.45, 2.75) is 0 Å². The molecule has 0 saturated heterocycles. The molecule has 1 heterocycles. The van der Waals surface area contributed by atoms with Gasteiger partial charge in [-0.1, -0.05) is 54.6 Å². The Kier molecular flexibility index (Phi) is 8.90. The lowest BCUT2D eigenvalue weighted by atomic mass is 10.1. The predicted molar refractivity (Wildman–Crippen MR) is 169 cm³/mol. The van der Waals surface area contributed by atoms with Gasteiger partial charge in [-0.3, -0.25) is 0 Å². The van der Waals surface area contributed by atoms with E-state index >= 15 is 0 Å². The van der Waals surface area contributed by atoms with Crippen molar-refractivity contribution in [3.05, 3.63) is 107 Å². The maximum atomic E-state index is 4.69. The first-order valence-electron chi connectivity index (χ1n) is 12.9. The standard InChI is InChI=1S/C33H36N6/c1-37(2)28-16-7-25(8-17-28)13-22-31-34-32(23-14-26-9-18-29(19-10-26)38(3)4)36-33(35-31)24-15-27-11-20-30(21-12-27)39(5)6/h7-24H,1-6H3/b22-13+,23-14+,24-15+. The Morgan fingerprint density at radius 3 is 0.795 bits per heavy atom. The number of hydrogen-bond donors (Lipinski definition) is 0. The van der Waals surface area contributed by atoms with E-state index in [0.717, 1.165) is 33.8 Å². The monoisotopic (exact) mass is 516 g/mol. The molecule has 6 nitrogen and oxygen atoms in total. The maximum absolute atomic E-state index is 4.69. The van der Waals surface area contributed by atoms with Crippen molar-refractivity contribution >= 4 is 53.5 Å². The second kappa shape index (κ2) is 12.7. The van der Waals surface area contributed by atoms with Gasteiger partial charge in [-0.2, -0.15) is 0 Å². The van der Waals surface area contributed by atoms with Crippen LogP contribution in [0.25, 0.3) is 36.5 Å². The molecule has 0 unspecified atom stereocenters. The van der Waals surface area contributed by atoms with Crippen LogP contribution in [0.4, 0.5) is 17.1 Å². The molecule has 0 spiro atoms. The van der Waals surface area contributed by atoms with Crippen molar-refractivity contribution in [1.82, 2.24) is 15.0 Å². The lowest BCUT2D eigenvalue weighted by Crippen LogP contribution is -2.07. The summed E-state index contributed by atoms with van der Waals surface area (Å²) in [7, 11) is 12.2. The molecule has 0 amide bonds. The zero-order chi connectivity index (χ0) is 27.8. The predicted octanol–water partition coefficient (Wildman–Crippen LogP) is 6.58. The molecule has 4 aromatic rings. The first-order chi connectivity index (χ1) is 18.8. The highest BCUT2D eigenvalue weighted by molar-refractivity contribution is 5.73. The van der Waals surface area contributed by atoms with E-state index < -0.39 is 0 Å². The molecule has 39 heavy (non-hydrogen) atoms. The molecule has 0 bridgehead atoms. The third-order valence-corrected chi connectivity index (χ3v) is 6.19. The van der Waals surface area contributed by atoms with Crippen molar-refractivity contribution in [2.75, 3.05) is 57.0 Å². The van der Waals surface area contributed by atoms with Gasteiger partial charge in [-0.15, -0.1) is 0 Å². The van der Waals surface area contributed by atoms with Crippen LogP contribution in [-0.2, 0) is 0 Å². The Morgan fingerprint density at radius 2 is 0.590 bits per heavy atom. The fourth-order valence-electron chi connectivity index (χ4n) is 3.81. The second-order valence-electron chi connectivity index (χ2n) is 9.87. The summed E-state index contributed by atoms with van der Waals surface area (Å²) in [5, 5.41) is 0. The average Bonchev–Trinajstić information content (AvgIpc) is 2.94. The number of hydrogen-bond acceptors (Lipinski definition) is 6. The van der Waals surface area contributed by atoms with E-state index in [1.165, 1.54) is 0 Å². The van der Waals surface area contributed by atoms with Crippen LogP contribution in [0.15, 0.2) is 72.8 Å². The number of rotatable bonds is 9. The van der Waals surface area contributed by atoms with E-state index in [2.05, 4.69) is 102 Å². The van der Waals surface area contributed by atoms with Gasteiger partial charge in [0.25, 0.3) is 0 Å². The lowest BCUT2D eigenvalue weighted by Gasteiger charge is -2.11. The van der Waals surface area contributed by atoms with Gasteiger partial charge in [0, 0.05) is 59.3 Å². The molecule has 0 aliphatic rings. The smallest absolute Gasteiger partial charge is 0.156 e. The largest absolute Gasteiger partial charge is 0.378 e. The molecule has 0 aliphatic heterocycles. The summed E-state index contributed by atoms with van der Waals surface area (Å²) in [6.07, 6.45) is 11.9. The maximum Gasteiger partial charge on any atom is 0.156 e. The minimum absolute atomic E-state index is 0.604. The van der Waals surface area contributed by atoms with Crippen LogP contribution < -0.4 is 14.7 Å². The van der Waals surface area contributed by atoms with Crippen LogP contribution in [0.1, 0.15) is 34.2 Å². The molecule has 4 rings (SSSR count). The van der Waals surface area contributed by atoms with Gasteiger partial charge >= 0.3 is 0 Å². The topological polar surface area (TPSA) is 48.4 Å². The highest BCUT2D eigenvalue weighted by Gasteiger charge is 2.03. The molecule has 0 saturated carbocycles. The first kappa shape index (κ1) is 27.3. The van der Waals surface area contributed by atoms with Gasteiger partial charge in [-0.25, -0.2) is 15.0 Å². The second-order valence-corrected chi connectivity index (χ2v) is 9.87. The summed E-state index contributed by atoms with van der Waals surface area (Å²) in [6, 6.07) is 25.1. The lowest BCUT2D eigenvalue weighted by molar-refractivity contribution is 0.991. The molecular weight excluding hydrogens is 480 g/mol. The number of anilines is 3. The van der Waals surface area contributed by atoms with Gasteiger partial charge < -0.3 is 14.7 Å². The van der Waals surface area contributed by atoms with Crippen molar-refractivity contribution < 1.29 is 0 Å². The van der Waals surface area contributed by atoms with E-state index in [0.29, 0.717) is 17.5 Å². The van der Waals surface area contributed by atoms with Crippen molar-refractivity contribution in [3.63, 3.8) is 0 Å². The summed E-state index contributed by atoms with van der Waals surface area (Å²) < 4.78 is 0.